The van der Waals surface area contributed by atoms with Crippen LogP contribution in [0.15, 0.2) is 17.1 Å². The maximum absolute atomic E-state index is 11.0. The molecule has 0 bridgehead atoms. The minimum absolute atomic E-state index is 0.0535. The maximum atomic E-state index is 11.0. The summed E-state index contributed by atoms with van der Waals surface area (Å²) in [7, 11) is 0. The van der Waals surface area contributed by atoms with E-state index in [1.807, 2.05) is 0 Å². The van der Waals surface area contributed by atoms with E-state index in [4.69, 9.17) is 9.84 Å². The van der Waals surface area contributed by atoms with Crippen molar-refractivity contribution in [3.05, 3.63) is 22.7 Å². The number of ether oxygens (including phenoxy) is 1. The Kier molecular flexibility index (Phi) is 4.68. The molecule has 1 saturated heterocycles. The highest BCUT2D eigenvalue weighted by Gasteiger charge is 2.43. The highest BCUT2D eigenvalue weighted by Crippen LogP contribution is 2.21. The number of aliphatic hydroxyl groups excluding tert-OH is 4. The Morgan fingerprint density at radius 1 is 1.25 bits per heavy atom. The molecule has 2 rings (SSSR count). The number of H-pyrrole nitrogens is 1. The second-order valence-corrected chi connectivity index (χ2v) is 4.53. The van der Waals surface area contributed by atoms with Crippen molar-refractivity contribution in [2.45, 2.75) is 30.5 Å². The standard InChI is InChI=1S/C11H17N3O6/c15-4-6-9(17)10(18)8(16)5(20-6)3-13-7-1-2-12-11(19)14-7/h1-2,5-6,8-10,15-18H,3-4H2,(H2,12,13,14,19)/t5?,6-,8+,9-,10-/m1/s1. The van der Waals surface area contributed by atoms with Gasteiger partial charge in [-0.15, -0.1) is 0 Å². The summed E-state index contributed by atoms with van der Waals surface area (Å²) in [6.07, 6.45) is -4.52. The van der Waals surface area contributed by atoms with Gasteiger partial charge in [-0.3, -0.25) is 0 Å². The van der Waals surface area contributed by atoms with Gasteiger partial charge in [0, 0.05) is 12.7 Å². The summed E-state index contributed by atoms with van der Waals surface area (Å²) in [4.78, 5) is 17.0. The molecule has 2 heterocycles. The number of nitrogens with one attached hydrogen (secondary N) is 2. The van der Waals surface area contributed by atoms with Crippen LogP contribution in [0.2, 0.25) is 0 Å². The number of hydrogen-bond acceptors (Lipinski definition) is 8. The molecule has 0 aromatic carbocycles. The lowest BCUT2D eigenvalue weighted by Crippen LogP contribution is -2.60. The zero-order valence-corrected chi connectivity index (χ0v) is 10.5. The normalized spacial score (nSPS) is 33.9. The second-order valence-electron chi connectivity index (χ2n) is 4.53. The Hall–Kier alpha value is -1.52. The van der Waals surface area contributed by atoms with Crippen molar-refractivity contribution < 1.29 is 25.2 Å². The molecule has 0 aliphatic carbocycles. The van der Waals surface area contributed by atoms with Crippen molar-refractivity contribution in [3.63, 3.8) is 0 Å². The smallest absolute Gasteiger partial charge is 0.346 e. The van der Waals surface area contributed by atoms with Gasteiger partial charge in [-0.25, -0.2) is 4.79 Å². The molecule has 1 unspecified atom stereocenters. The summed E-state index contributed by atoms with van der Waals surface area (Å²) in [6, 6.07) is 1.52. The fraction of sp³-hybridized carbons (Fsp3) is 0.636. The summed E-state index contributed by atoms with van der Waals surface area (Å²) in [5, 5.41) is 40.9. The maximum Gasteiger partial charge on any atom is 0.346 e. The van der Waals surface area contributed by atoms with Gasteiger partial charge in [0.15, 0.2) is 0 Å². The van der Waals surface area contributed by atoms with E-state index in [0.29, 0.717) is 0 Å². The molecule has 20 heavy (non-hydrogen) atoms. The first kappa shape index (κ1) is 14.9. The van der Waals surface area contributed by atoms with E-state index in [0.717, 1.165) is 0 Å². The van der Waals surface area contributed by atoms with E-state index in [1.165, 1.54) is 12.3 Å². The molecular formula is C11H17N3O6. The minimum atomic E-state index is -1.42. The largest absolute Gasteiger partial charge is 0.394 e. The van der Waals surface area contributed by atoms with Gasteiger partial charge in [0.05, 0.1) is 6.61 Å². The molecule has 9 heteroatoms. The lowest BCUT2D eigenvalue weighted by Gasteiger charge is -2.40. The van der Waals surface area contributed by atoms with Crippen molar-refractivity contribution in [2.24, 2.45) is 0 Å². The van der Waals surface area contributed by atoms with E-state index in [2.05, 4.69) is 15.3 Å². The van der Waals surface area contributed by atoms with E-state index in [1.54, 1.807) is 0 Å². The van der Waals surface area contributed by atoms with Gasteiger partial charge < -0.3 is 35.5 Å². The number of aromatic nitrogens is 2. The van der Waals surface area contributed by atoms with Crippen molar-refractivity contribution >= 4 is 5.82 Å². The molecule has 6 N–H and O–H groups in total. The third-order valence-electron chi connectivity index (χ3n) is 3.15. The fourth-order valence-corrected chi connectivity index (χ4v) is 2.02. The van der Waals surface area contributed by atoms with E-state index < -0.39 is 42.8 Å². The molecule has 1 aromatic heterocycles. The Morgan fingerprint density at radius 3 is 2.60 bits per heavy atom. The Bertz CT molecular complexity index is 493. The van der Waals surface area contributed by atoms with Crippen LogP contribution in [0, 0.1) is 0 Å². The van der Waals surface area contributed by atoms with E-state index in [-0.39, 0.29) is 12.4 Å². The molecule has 9 nitrogen and oxygen atoms in total. The molecule has 1 aliphatic rings. The van der Waals surface area contributed by atoms with Gasteiger partial charge >= 0.3 is 5.69 Å². The second kappa shape index (κ2) is 6.29. The number of rotatable bonds is 4. The Balaban J connectivity index is 1.99. The van der Waals surface area contributed by atoms with Crippen LogP contribution in [0.1, 0.15) is 0 Å². The number of aromatic amines is 1. The monoisotopic (exact) mass is 287 g/mol. The predicted molar refractivity (Wildman–Crippen MR) is 67.1 cm³/mol. The number of nitrogens with zero attached hydrogens (tertiary/aromatic N) is 1. The third-order valence-corrected chi connectivity index (χ3v) is 3.15. The Labute approximate surface area is 113 Å². The number of anilines is 1. The van der Waals surface area contributed by atoms with Crippen molar-refractivity contribution in [1.29, 1.82) is 0 Å². The van der Waals surface area contributed by atoms with Crippen LogP contribution in [0.3, 0.4) is 0 Å². The molecular weight excluding hydrogens is 270 g/mol. The van der Waals surface area contributed by atoms with Gasteiger partial charge in [0.2, 0.25) is 0 Å². The average molecular weight is 287 g/mol. The molecule has 1 aromatic rings. The molecule has 112 valence electrons. The SMILES string of the molecule is O=c1nc(NCC2O[C@H](CO)[C@@H](O)[C@H](O)[C@H]2O)cc[nH]1. The zero-order chi connectivity index (χ0) is 14.7. The fourth-order valence-electron chi connectivity index (χ4n) is 2.02. The van der Waals surface area contributed by atoms with Crippen LogP contribution in [0.4, 0.5) is 5.82 Å². The van der Waals surface area contributed by atoms with Crippen LogP contribution in [0.5, 0.6) is 0 Å². The first-order chi connectivity index (χ1) is 9.52. The van der Waals surface area contributed by atoms with Gasteiger partial charge in [-0.05, 0) is 6.07 Å². The van der Waals surface area contributed by atoms with Crippen LogP contribution in [-0.2, 0) is 4.74 Å². The quantitative estimate of drug-likeness (QED) is 0.344. The summed E-state index contributed by atoms with van der Waals surface area (Å²) in [6.45, 7) is -0.428. The molecule has 1 aliphatic heterocycles. The van der Waals surface area contributed by atoms with Gasteiger partial charge in [-0.1, -0.05) is 0 Å². The van der Waals surface area contributed by atoms with E-state index >= 15 is 0 Å². The summed E-state index contributed by atoms with van der Waals surface area (Å²) < 4.78 is 5.30. The van der Waals surface area contributed by atoms with Crippen LogP contribution >= 0.6 is 0 Å². The molecule has 0 amide bonds. The molecule has 5 atom stereocenters. The van der Waals surface area contributed by atoms with Gasteiger partial charge in [-0.2, -0.15) is 4.98 Å². The van der Waals surface area contributed by atoms with Crippen molar-refractivity contribution in [2.75, 3.05) is 18.5 Å². The first-order valence-electron chi connectivity index (χ1n) is 6.13. The summed E-state index contributed by atoms with van der Waals surface area (Å²) >= 11 is 0. The van der Waals surface area contributed by atoms with Gasteiger partial charge in [0.25, 0.3) is 0 Å². The topological polar surface area (TPSA) is 148 Å². The Morgan fingerprint density at radius 2 is 1.95 bits per heavy atom. The molecule has 1 fully saturated rings. The lowest BCUT2D eigenvalue weighted by atomic mass is 9.95. The molecule has 0 saturated carbocycles. The number of hydrogen-bond donors (Lipinski definition) is 6. The third kappa shape index (κ3) is 3.14. The first-order valence-corrected chi connectivity index (χ1v) is 6.13. The van der Waals surface area contributed by atoms with Crippen LogP contribution in [0.25, 0.3) is 0 Å². The minimum Gasteiger partial charge on any atom is -0.394 e. The van der Waals surface area contributed by atoms with Gasteiger partial charge in [0.1, 0.15) is 36.3 Å². The summed E-state index contributed by atoms with van der Waals surface area (Å²) in [5.74, 6) is 0.283. The van der Waals surface area contributed by atoms with Crippen molar-refractivity contribution in [3.8, 4) is 0 Å². The molecule has 0 radical (unpaired) electrons. The predicted octanol–water partition coefficient (Wildman–Crippen LogP) is -2.98. The highest BCUT2D eigenvalue weighted by molar-refractivity contribution is 5.31. The summed E-state index contributed by atoms with van der Waals surface area (Å²) in [5.41, 5.74) is -0.524. The van der Waals surface area contributed by atoms with E-state index in [9.17, 15) is 20.1 Å². The zero-order valence-electron chi connectivity index (χ0n) is 10.5. The van der Waals surface area contributed by atoms with Crippen LogP contribution in [-0.4, -0.2) is 74.1 Å². The van der Waals surface area contributed by atoms with Crippen molar-refractivity contribution in [1.82, 2.24) is 9.97 Å². The lowest BCUT2D eigenvalue weighted by molar-refractivity contribution is -0.225. The average Bonchev–Trinajstić information content (AvgIpc) is 2.44. The highest BCUT2D eigenvalue weighted by atomic mass is 16.5. The number of aliphatic hydroxyl groups is 4. The molecule has 0 spiro atoms. The van der Waals surface area contributed by atoms with Crippen LogP contribution < -0.4 is 11.0 Å².